The monoisotopic (exact) mass is 294 g/mol. The lowest BCUT2D eigenvalue weighted by Gasteiger charge is -2.12. The predicted molar refractivity (Wildman–Crippen MR) is 77.5 cm³/mol. The third kappa shape index (κ3) is 3.68. The fraction of sp³-hybridized carbons (Fsp3) is 0.267. The van der Waals surface area contributed by atoms with Crippen LogP contribution in [0.4, 0.5) is 4.39 Å². The molecular weight excluding hydrogens is 279 g/mol. The fourth-order valence-corrected chi connectivity index (χ4v) is 2.06. The Kier molecular flexibility index (Phi) is 4.93. The fourth-order valence-electron chi connectivity index (χ4n) is 1.84. The van der Waals surface area contributed by atoms with Crippen LogP contribution in [0.25, 0.3) is 0 Å². The second-order valence-corrected chi connectivity index (χ2v) is 4.87. The highest BCUT2D eigenvalue weighted by atomic mass is 35.5. The van der Waals surface area contributed by atoms with E-state index in [1.165, 1.54) is 12.1 Å². The smallest absolute Gasteiger partial charge is 0.141 e. The molecule has 0 unspecified atom stereocenters. The summed E-state index contributed by atoms with van der Waals surface area (Å²) in [4.78, 5) is 4.41. The molecule has 2 aromatic rings. The van der Waals surface area contributed by atoms with Gasteiger partial charge in [-0.25, -0.2) is 4.39 Å². The van der Waals surface area contributed by atoms with E-state index in [-0.39, 0.29) is 12.4 Å². The molecule has 0 spiro atoms. The second kappa shape index (κ2) is 6.68. The van der Waals surface area contributed by atoms with Crippen LogP contribution < -0.4 is 10.5 Å². The van der Waals surface area contributed by atoms with Crippen LogP contribution >= 0.6 is 11.6 Å². The van der Waals surface area contributed by atoms with Crippen molar-refractivity contribution in [3.05, 3.63) is 58.1 Å². The van der Waals surface area contributed by atoms with Crippen LogP contribution in [0.15, 0.2) is 30.3 Å². The zero-order valence-corrected chi connectivity index (χ0v) is 12.0. The van der Waals surface area contributed by atoms with Crippen LogP contribution in [-0.4, -0.2) is 11.5 Å². The van der Waals surface area contributed by atoms with E-state index in [2.05, 4.69) is 4.98 Å². The molecule has 0 radical (unpaired) electrons. The van der Waals surface area contributed by atoms with Crippen molar-refractivity contribution in [2.24, 2.45) is 5.73 Å². The minimum absolute atomic E-state index is 0.265. The van der Waals surface area contributed by atoms with Crippen molar-refractivity contribution < 1.29 is 9.13 Å². The number of nitrogens with two attached hydrogens (primary N) is 1. The number of hydrogen-bond donors (Lipinski definition) is 1. The van der Waals surface area contributed by atoms with Crippen molar-refractivity contribution in [1.29, 1.82) is 0 Å². The number of nitrogens with zero attached hydrogens (tertiary/aromatic N) is 1. The Labute approximate surface area is 122 Å². The molecule has 1 heterocycles. The maximum atomic E-state index is 13.0. The van der Waals surface area contributed by atoms with Gasteiger partial charge in [0.2, 0.25) is 0 Å². The van der Waals surface area contributed by atoms with Gasteiger partial charge in [0, 0.05) is 17.7 Å². The highest BCUT2D eigenvalue weighted by Crippen LogP contribution is 2.22. The Morgan fingerprint density at radius 3 is 2.80 bits per heavy atom. The van der Waals surface area contributed by atoms with Crippen LogP contribution in [0.1, 0.15) is 17.0 Å². The molecule has 0 aliphatic heterocycles. The number of hydrogen-bond acceptors (Lipinski definition) is 3. The molecule has 20 heavy (non-hydrogen) atoms. The average molecular weight is 295 g/mol. The molecule has 0 saturated heterocycles. The Balaban J connectivity index is 2.14. The molecule has 2 rings (SSSR count). The number of pyridine rings is 1. The lowest BCUT2D eigenvalue weighted by molar-refractivity contribution is 0.301. The van der Waals surface area contributed by atoms with Crippen LogP contribution in [0.3, 0.4) is 0 Å². The topological polar surface area (TPSA) is 48.1 Å². The van der Waals surface area contributed by atoms with Gasteiger partial charge in [-0.15, -0.1) is 0 Å². The van der Waals surface area contributed by atoms with Gasteiger partial charge in [0.05, 0.1) is 10.7 Å². The van der Waals surface area contributed by atoms with E-state index in [0.29, 0.717) is 23.7 Å². The minimum Gasteiger partial charge on any atom is -0.487 e. The Morgan fingerprint density at radius 1 is 1.30 bits per heavy atom. The summed E-state index contributed by atoms with van der Waals surface area (Å²) in [6.45, 7) is 2.69. The van der Waals surface area contributed by atoms with Gasteiger partial charge in [-0.2, -0.15) is 0 Å². The first-order chi connectivity index (χ1) is 9.60. The van der Waals surface area contributed by atoms with Gasteiger partial charge in [0.25, 0.3) is 0 Å². The average Bonchev–Trinajstić information content (AvgIpc) is 2.40. The highest BCUT2D eigenvalue weighted by Gasteiger charge is 2.08. The standard InChI is InChI=1S/C15H16ClFN2O/c1-10-2-5-15(14(19-10)6-7-18)20-9-11-3-4-12(17)8-13(11)16/h2-5,8H,6-7,9,18H2,1H3. The van der Waals surface area contributed by atoms with E-state index in [0.717, 1.165) is 17.0 Å². The number of benzene rings is 1. The molecule has 106 valence electrons. The van der Waals surface area contributed by atoms with Crippen LogP contribution in [0.5, 0.6) is 5.75 Å². The maximum absolute atomic E-state index is 13.0. The van der Waals surface area contributed by atoms with Gasteiger partial charge in [-0.1, -0.05) is 17.7 Å². The quantitative estimate of drug-likeness (QED) is 0.921. The largest absolute Gasteiger partial charge is 0.487 e. The molecule has 0 fully saturated rings. The SMILES string of the molecule is Cc1ccc(OCc2ccc(F)cc2Cl)c(CCN)n1. The van der Waals surface area contributed by atoms with Crippen LogP contribution in [0.2, 0.25) is 5.02 Å². The molecule has 0 saturated carbocycles. The molecule has 1 aromatic heterocycles. The Morgan fingerprint density at radius 2 is 2.10 bits per heavy atom. The van der Waals surface area contributed by atoms with Gasteiger partial charge in [-0.3, -0.25) is 4.98 Å². The van der Waals surface area contributed by atoms with Gasteiger partial charge >= 0.3 is 0 Å². The first-order valence-electron chi connectivity index (χ1n) is 6.33. The van der Waals surface area contributed by atoms with E-state index in [4.69, 9.17) is 22.1 Å². The summed E-state index contributed by atoms with van der Waals surface area (Å²) in [7, 11) is 0. The summed E-state index contributed by atoms with van der Waals surface area (Å²) in [5, 5.41) is 0.352. The molecule has 0 aliphatic rings. The number of rotatable bonds is 5. The first kappa shape index (κ1) is 14.8. The summed E-state index contributed by atoms with van der Waals surface area (Å²) in [6.07, 6.45) is 0.647. The van der Waals surface area contributed by atoms with Gasteiger partial charge in [-0.05, 0) is 37.7 Å². The summed E-state index contributed by atoms with van der Waals surface area (Å²) in [5.74, 6) is 0.320. The van der Waals surface area contributed by atoms with E-state index in [9.17, 15) is 4.39 Å². The first-order valence-corrected chi connectivity index (χ1v) is 6.71. The van der Waals surface area contributed by atoms with E-state index in [1.54, 1.807) is 6.07 Å². The molecular formula is C15H16ClFN2O. The molecule has 0 amide bonds. The minimum atomic E-state index is -0.362. The van der Waals surface area contributed by atoms with Crippen molar-refractivity contribution in [2.45, 2.75) is 20.0 Å². The third-order valence-electron chi connectivity index (χ3n) is 2.85. The van der Waals surface area contributed by atoms with Gasteiger partial charge in [0.15, 0.2) is 0 Å². The Bertz CT molecular complexity index is 604. The van der Waals surface area contributed by atoms with E-state index >= 15 is 0 Å². The van der Waals surface area contributed by atoms with Crippen molar-refractivity contribution in [2.75, 3.05) is 6.54 Å². The lowest BCUT2D eigenvalue weighted by Crippen LogP contribution is -2.08. The molecule has 0 bridgehead atoms. The molecule has 0 aliphatic carbocycles. The zero-order chi connectivity index (χ0) is 14.5. The predicted octanol–water partition coefficient (Wildman–Crippen LogP) is 3.26. The van der Waals surface area contributed by atoms with Crippen LogP contribution in [0, 0.1) is 12.7 Å². The number of aromatic nitrogens is 1. The van der Waals surface area contributed by atoms with Crippen LogP contribution in [-0.2, 0) is 13.0 Å². The van der Waals surface area contributed by atoms with Gasteiger partial charge in [0.1, 0.15) is 18.2 Å². The van der Waals surface area contributed by atoms with E-state index in [1.807, 2.05) is 19.1 Å². The number of aryl methyl sites for hydroxylation is 1. The lowest BCUT2D eigenvalue weighted by atomic mass is 10.2. The van der Waals surface area contributed by atoms with Crippen molar-refractivity contribution in [3.63, 3.8) is 0 Å². The summed E-state index contributed by atoms with van der Waals surface area (Å²) in [6, 6.07) is 7.99. The zero-order valence-electron chi connectivity index (χ0n) is 11.2. The molecule has 5 heteroatoms. The molecule has 1 aromatic carbocycles. The summed E-state index contributed by atoms with van der Waals surface area (Å²) >= 11 is 5.97. The van der Waals surface area contributed by atoms with Crippen molar-refractivity contribution in [3.8, 4) is 5.75 Å². The number of halogens is 2. The van der Waals surface area contributed by atoms with Gasteiger partial charge < -0.3 is 10.5 Å². The normalized spacial score (nSPS) is 10.6. The third-order valence-corrected chi connectivity index (χ3v) is 3.20. The molecule has 0 atom stereocenters. The maximum Gasteiger partial charge on any atom is 0.141 e. The summed E-state index contributed by atoms with van der Waals surface area (Å²) < 4.78 is 18.7. The Hall–Kier alpha value is -1.65. The van der Waals surface area contributed by atoms with Crippen molar-refractivity contribution in [1.82, 2.24) is 4.98 Å². The van der Waals surface area contributed by atoms with E-state index < -0.39 is 0 Å². The molecule has 2 N–H and O–H groups in total. The van der Waals surface area contributed by atoms with Crippen molar-refractivity contribution >= 4 is 11.6 Å². The second-order valence-electron chi connectivity index (χ2n) is 4.46. The molecule has 3 nitrogen and oxygen atoms in total. The summed E-state index contributed by atoms with van der Waals surface area (Å²) in [5.41, 5.74) is 8.04. The highest BCUT2D eigenvalue weighted by molar-refractivity contribution is 6.31. The number of ether oxygens (including phenoxy) is 1.